The van der Waals surface area contributed by atoms with Crippen molar-refractivity contribution in [3.05, 3.63) is 35.1 Å². The Hall–Kier alpha value is -1.44. The number of unbranched alkanes of at least 4 members (excludes halogenated alkanes) is 1. The van der Waals surface area contributed by atoms with E-state index in [-0.39, 0.29) is 5.56 Å². The Labute approximate surface area is 162 Å². The molecule has 3 nitrogen and oxygen atoms in total. The summed E-state index contributed by atoms with van der Waals surface area (Å²) in [5.41, 5.74) is 0.701. The molecule has 2 aliphatic rings. The van der Waals surface area contributed by atoms with Gasteiger partial charge in [-0.25, -0.2) is 4.39 Å². The van der Waals surface area contributed by atoms with E-state index in [1.54, 1.807) is 6.07 Å². The third-order valence-corrected chi connectivity index (χ3v) is 6.27. The van der Waals surface area contributed by atoms with Crippen LogP contribution in [0.25, 0.3) is 0 Å². The van der Waals surface area contributed by atoms with Crippen LogP contribution in [0, 0.1) is 34.9 Å². The molecule has 148 valence electrons. The predicted octanol–water partition coefficient (Wildman–Crippen LogP) is 6.14. The van der Waals surface area contributed by atoms with Gasteiger partial charge in [-0.3, -0.25) is 0 Å². The van der Waals surface area contributed by atoms with Gasteiger partial charge in [-0.05, 0) is 30.4 Å². The maximum absolute atomic E-state index is 13.8. The first kappa shape index (κ1) is 20.3. The summed E-state index contributed by atoms with van der Waals surface area (Å²) in [4.78, 5) is 0. The van der Waals surface area contributed by atoms with Crippen LogP contribution in [0.2, 0.25) is 0 Å². The van der Waals surface area contributed by atoms with Crippen molar-refractivity contribution in [2.75, 3.05) is 13.2 Å². The van der Waals surface area contributed by atoms with Crippen LogP contribution in [0.1, 0.15) is 82.1 Å². The normalized spacial score (nSPS) is 28.6. The molecule has 0 aromatic heterocycles. The second-order valence-corrected chi connectivity index (χ2v) is 8.32. The molecule has 0 atom stereocenters. The van der Waals surface area contributed by atoms with E-state index in [0.717, 1.165) is 18.3 Å². The largest absolute Gasteiger partial charge is 0.348 e. The van der Waals surface area contributed by atoms with Crippen molar-refractivity contribution in [3.8, 4) is 6.07 Å². The van der Waals surface area contributed by atoms with Crippen molar-refractivity contribution in [1.29, 1.82) is 5.26 Å². The predicted molar refractivity (Wildman–Crippen MR) is 103 cm³/mol. The highest BCUT2D eigenvalue weighted by atomic mass is 19.1. The van der Waals surface area contributed by atoms with Gasteiger partial charge in [0.15, 0.2) is 6.29 Å². The van der Waals surface area contributed by atoms with Crippen LogP contribution in [0.4, 0.5) is 4.39 Å². The Morgan fingerprint density at radius 2 is 1.63 bits per heavy atom. The minimum absolute atomic E-state index is 0.0526. The van der Waals surface area contributed by atoms with Gasteiger partial charge in [0.05, 0.1) is 18.8 Å². The molecule has 0 radical (unpaired) electrons. The molecule has 0 unspecified atom stereocenters. The Morgan fingerprint density at radius 3 is 2.22 bits per heavy atom. The fourth-order valence-electron chi connectivity index (χ4n) is 4.44. The van der Waals surface area contributed by atoms with E-state index in [1.807, 2.05) is 6.07 Å². The number of hydrogen-bond donors (Lipinski definition) is 0. The van der Waals surface area contributed by atoms with Crippen molar-refractivity contribution in [2.24, 2.45) is 17.8 Å². The minimum Gasteiger partial charge on any atom is -0.348 e. The summed E-state index contributed by atoms with van der Waals surface area (Å²) in [5.74, 6) is 1.76. The molecule has 3 rings (SSSR count). The third kappa shape index (κ3) is 5.77. The van der Waals surface area contributed by atoms with E-state index in [2.05, 4.69) is 6.92 Å². The molecule has 2 fully saturated rings. The fourth-order valence-corrected chi connectivity index (χ4v) is 4.44. The van der Waals surface area contributed by atoms with Crippen molar-refractivity contribution in [2.45, 2.75) is 71.0 Å². The first-order valence-electron chi connectivity index (χ1n) is 10.6. The molecule has 0 spiro atoms. The Kier molecular flexibility index (Phi) is 7.67. The smallest absolute Gasteiger partial charge is 0.183 e. The van der Waals surface area contributed by atoms with Gasteiger partial charge in [0.25, 0.3) is 0 Å². The monoisotopic (exact) mass is 373 g/mol. The number of benzene rings is 1. The Balaban J connectivity index is 1.37. The zero-order chi connectivity index (χ0) is 19.1. The highest BCUT2D eigenvalue weighted by Crippen LogP contribution is 2.36. The molecular weight excluding hydrogens is 341 g/mol. The highest BCUT2D eigenvalue weighted by molar-refractivity contribution is 5.33. The number of halogens is 1. The van der Waals surface area contributed by atoms with Gasteiger partial charge >= 0.3 is 0 Å². The maximum atomic E-state index is 13.8. The van der Waals surface area contributed by atoms with E-state index < -0.39 is 12.1 Å². The molecule has 0 N–H and O–H groups in total. The van der Waals surface area contributed by atoms with E-state index in [1.165, 1.54) is 63.5 Å². The lowest BCUT2D eigenvalue weighted by Gasteiger charge is -2.32. The summed E-state index contributed by atoms with van der Waals surface area (Å²) in [6.07, 6.45) is 11.6. The second kappa shape index (κ2) is 10.2. The lowest BCUT2D eigenvalue weighted by atomic mass is 9.77. The summed E-state index contributed by atoms with van der Waals surface area (Å²) < 4.78 is 25.4. The van der Waals surface area contributed by atoms with Crippen molar-refractivity contribution in [1.82, 2.24) is 0 Å². The second-order valence-electron chi connectivity index (χ2n) is 8.32. The van der Waals surface area contributed by atoms with Crippen LogP contribution in [-0.2, 0) is 9.47 Å². The number of nitrogens with zero attached hydrogens (tertiary/aromatic N) is 1. The summed E-state index contributed by atoms with van der Waals surface area (Å²) in [5, 5.41) is 8.82. The minimum atomic E-state index is -0.516. The topological polar surface area (TPSA) is 42.2 Å². The van der Waals surface area contributed by atoms with Crippen LogP contribution in [0.15, 0.2) is 18.2 Å². The zero-order valence-corrected chi connectivity index (χ0v) is 16.5. The molecule has 4 heteroatoms. The van der Waals surface area contributed by atoms with Gasteiger partial charge in [-0.2, -0.15) is 5.26 Å². The molecule has 0 bridgehead atoms. The molecule has 1 aliphatic carbocycles. The maximum Gasteiger partial charge on any atom is 0.183 e. The SMILES string of the molecule is CCCC[C@H]1CC[C@H](CC[C@H]2CO[C@H](c3ccc(C#N)c(F)c3)OC2)CC1. The van der Waals surface area contributed by atoms with E-state index in [9.17, 15) is 4.39 Å². The number of ether oxygens (including phenoxy) is 2. The van der Waals surface area contributed by atoms with E-state index in [0.29, 0.717) is 24.7 Å². The lowest BCUT2D eigenvalue weighted by molar-refractivity contribution is -0.206. The number of nitriles is 1. The Bertz CT molecular complexity index is 626. The standard InChI is InChI=1S/C23H32FNO2/c1-2-3-4-17-5-7-18(8-6-17)9-10-19-15-26-23(27-16-19)20-11-12-21(14-25)22(24)13-20/h11-13,17-19,23H,2-10,15-16H2,1H3/t17-,18-,19-,23-. The van der Waals surface area contributed by atoms with Crippen molar-refractivity contribution < 1.29 is 13.9 Å². The first-order valence-corrected chi connectivity index (χ1v) is 10.6. The molecular formula is C23H32FNO2. The number of hydrogen-bond acceptors (Lipinski definition) is 3. The summed E-state index contributed by atoms with van der Waals surface area (Å²) >= 11 is 0. The van der Waals surface area contributed by atoms with Crippen LogP contribution in [0.5, 0.6) is 0 Å². The zero-order valence-electron chi connectivity index (χ0n) is 16.5. The molecule has 1 aliphatic heterocycles. The van der Waals surface area contributed by atoms with Crippen LogP contribution >= 0.6 is 0 Å². The summed E-state index contributed by atoms with van der Waals surface area (Å²) in [6.45, 7) is 3.61. The summed E-state index contributed by atoms with van der Waals surface area (Å²) in [7, 11) is 0. The van der Waals surface area contributed by atoms with Gasteiger partial charge in [-0.1, -0.05) is 64.4 Å². The summed E-state index contributed by atoms with van der Waals surface area (Å²) in [6, 6.07) is 6.38. The molecule has 1 aromatic rings. The van der Waals surface area contributed by atoms with Gasteiger partial charge in [0, 0.05) is 11.5 Å². The van der Waals surface area contributed by atoms with Crippen LogP contribution in [-0.4, -0.2) is 13.2 Å². The van der Waals surface area contributed by atoms with Crippen molar-refractivity contribution >= 4 is 0 Å². The van der Waals surface area contributed by atoms with Gasteiger partial charge < -0.3 is 9.47 Å². The average Bonchev–Trinajstić information content (AvgIpc) is 2.72. The third-order valence-electron chi connectivity index (χ3n) is 6.27. The fraction of sp³-hybridized carbons (Fsp3) is 0.696. The van der Waals surface area contributed by atoms with Gasteiger partial charge in [0.1, 0.15) is 11.9 Å². The quantitative estimate of drug-likeness (QED) is 0.577. The van der Waals surface area contributed by atoms with Gasteiger partial charge in [0.2, 0.25) is 0 Å². The molecule has 27 heavy (non-hydrogen) atoms. The van der Waals surface area contributed by atoms with Crippen molar-refractivity contribution in [3.63, 3.8) is 0 Å². The first-order chi connectivity index (χ1) is 13.2. The Morgan fingerprint density at radius 1 is 1.00 bits per heavy atom. The van der Waals surface area contributed by atoms with E-state index in [4.69, 9.17) is 14.7 Å². The number of rotatable bonds is 7. The van der Waals surface area contributed by atoms with E-state index >= 15 is 0 Å². The molecule has 0 amide bonds. The molecule has 1 aromatic carbocycles. The lowest BCUT2D eigenvalue weighted by Crippen LogP contribution is -2.28. The van der Waals surface area contributed by atoms with Crippen LogP contribution < -0.4 is 0 Å². The average molecular weight is 374 g/mol. The molecule has 1 heterocycles. The molecule has 1 saturated heterocycles. The highest BCUT2D eigenvalue weighted by Gasteiger charge is 2.26. The molecule has 1 saturated carbocycles. The van der Waals surface area contributed by atoms with Gasteiger partial charge in [-0.15, -0.1) is 0 Å². The van der Waals surface area contributed by atoms with Crippen LogP contribution in [0.3, 0.4) is 0 Å².